The predicted octanol–water partition coefficient (Wildman–Crippen LogP) is 3.81. The van der Waals surface area contributed by atoms with E-state index in [-0.39, 0.29) is 5.69 Å². The zero-order chi connectivity index (χ0) is 19.6. The Morgan fingerprint density at radius 1 is 1.04 bits per heavy atom. The van der Waals surface area contributed by atoms with Gasteiger partial charge in [0.2, 0.25) is 0 Å². The first-order valence-electron chi connectivity index (χ1n) is 8.15. The van der Waals surface area contributed by atoms with Crippen molar-refractivity contribution in [1.82, 2.24) is 0 Å². The SMILES string of the molecule is N#Cc1ccc([N+](=O)[O-])c(N2CCN(c3cccc(C(F)(F)F)c3)CC2)c1. The van der Waals surface area contributed by atoms with Gasteiger partial charge in [0.25, 0.3) is 5.69 Å². The van der Waals surface area contributed by atoms with Crippen molar-refractivity contribution in [3.05, 3.63) is 63.7 Å². The van der Waals surface area contributed by atoms with Gasteiger partial charge in [-0.2, -0.15) is 18.4 Å². The Bertz CT molecular complexity index is 900. The van der Waals surface area contributed by atoms with Crippen molar-refractivity contribution < 1.29 is 18.1 Å². The summed E-state index contributed by atoms with van der Waals surface area (Å²) in [6.45, 7) is 1.61. The zero-order valence-corrected chi connectivity index (χ0v) is 14.1. The maximum absolute atomic E-state index is 12.9. The number of nitrogens with zero attached hydrogens (tertiary/aromatic N) is 4. The number of nitro groups is 1. The smallest absolute Gasteiger partial charge is 0.368 e. The lowest BCUT2D eigenvalue weighted by Gasteiger charge is -2.37. The van der Waals surface area contributed by atoms with Crippen LogP contribution < -0.4 is 9.80 Å². The largest absolute Gasteiger partial charge is 0.416 e. The summed E-state index contributed by atoms with van der Waals surface area (Å²) in [6.07, 6.45) is -4.41. The van der Waals surface area contributed by atoms with Crippen LogP contribution in [0, 0.1) is 21.4 Å². The number of benzene rings is 2. The van der Waals surface area contributed by atoms with Crippen LogP contribution in [0.2, 0.25) is 0 Å². The van der Waals surface area contributed by atoms with Gasteiger partial charge >= 0.3 is 6.18 Å². The average molecular weight is 376 g/mol. The van der Waals surface area contributed by atoms with E-state index in [1.54, 1.807) is 11.0 Å². The highest BCUT2D eigenvalue weighted by Gasteiger charge is 2.31. The molecule has 0 spiro atoms. The number of nitriles is 1. The molecule has 27 heavy (non-hydrogen) atoms. The normalized spacial score (nSPS) is 14.7. The molecule has 3 rings (SSSR count). The molecular weight excluding hydrogens is 361 g/mol. The van der Waals surface area contributed by atoms with E-state index in [0.29, 0.717) is 43.1 Å². The second-order valence-electron chi connectivity index (χ2n) is 6.09. The molecule has 0 atom stereocenters. The quantitative estimate of drug-likeness (QED) is 0.602. The lowest BCUT2D eigenvalue weighted by molar-refractivity contribution is -0.384. The molecule has 0 N–H and O–H groups in total. The Morgan fingerprint density at radius 3 is 2.30 bits per heavy atom. The van der Waals surface area contributed by atoms with E-state index in [1.807, 2.05) is 11.0 Å². The van der Waals surface area contributed by atoms with Crippen molar-refractivity contribution in [3.63, 3.8) is 0 Å². The fraction of sp³-hybridized carbons (Fsp3) is 0.278. The number of rotatable bonds is 3. The molecule has 1 saturated heterocycles. The summed E-state index contributed by atoms with van der Waals surface area (Å²) in [5, 5.41) is 20.3. The number of hydrogen-bond acceptors (Lipinski definition) is 5. The number of anilines is 2. The van der Waals surface area contributed by atoms with E-state index >= 15 is 0 Å². The Hall–Kier alpha value is -3.28. The molecule has 2 aromatic rings. The van der Waals surface area contributed by atoms with Gasteiger partial charge in [-0.1, -0.05) is 6.07 Å². The lowest BCUT2D eigenvalue weighted by atomic mass is 10.1. The Kier molecular flexibility index (Phi) is 4.90. The second kappa shape index (κ2) is 7.15. The van der Waals surface area contributed by atoms with Crippen LogP contribution in [0.3, 0.4) is 0 Å². The third kappa shape index (κ3) is 3.95. The third-order valence-corrected chi connectivity index (χ3v) is 4.46. The number of halogens is 3. The van der Waals surface area contributed by atoms with Gasteiger partial charge in [0.1, 0.15) is 5.69 Å². The zero-order valence-electron chi connectivity index (χ0n) is 14.1. The number of piperazine rings is 1. The van der Waals surface area contributed by atoms with Gasteiger partial charge in [0.15, 0.2) is 0 Å². The van der Waals surface area contributed by atoms with Crippen molar-refractivity contribution in [2.24, 2.45) is 0 Å². The van der Waals surface area contributed by atoms with Gasteiger partial charge in [-0.25, -0.2) is 0 Å². The molecule has 9 heteroatoms. The first kappa shape index (κ1) is 18.5. The van der Waals surface area contributed by atoms with Crippen molar-refractivity contribution in [3.8, 4) is 6.07 Å². The summed E-state index contributed by atoms with van der Waals surface area (Å²) in [5.74, 6) is 0. The van der Waals surface area contributed by atoms with E-state index in [9.17, 15) is 23.3 Å². The van der Waals surface area contributed by atoms with Crippen LogP contribution in [0.25, 0.3) is 0 Å². The van der Waals surface area contributed by atoms with Crippen LogP contribution in [-0.4, -0.2) is 31.1 Å². The minimum Gasteiger partial charge on any atom is -0.368 e. The number of nitro benzene ring substituents is 1. The van der Waals surface area contributed by atoms with Crippen molar-refractivity contribution in [1.29, 1.82) is 5.26 Å². The van der Waals surface area contributed by atoms with E-state index in [0.717, 1.165) is 12.1 Å². The molecule has 0 aliphatic carbocycles. The second-order valence-corrected chi connectivity index (χ2v) is 6.09. The summed E-state index contributed by atoms with van der Waals surface area (Å²) < 4.78 is 38.7. The van der Waals surface area contributed by atoms with Crippen molar-refractivity contribution in [2.45, 2.75) is 6.18 Å². The number of alkyl halides is 3. The van der Waals surface area contributed by atoms with Crippen LogP contribution in [0.15, 0.2) is 42.5 Å². The summed E-state index contributed by atoms with van der Waals surface area (Å²) in [4.78, 5) is 14.3. The van der Waals surface area contributed by atoms with Crippen LogP contribution in [0.5, 0.6) is 0 Å². The topological polar surface area (TPSA) is 73.4 Å². The highest BCUT2D eigenvalue weighted by atomic mass is 19.4. The van der Waals surface area contributed by atoms with Crippen molar-refractivity contribution >= 4 is 17.1 Å². The Morgan fingerprint density at radius 2 is 1.70 bits per heavy atom. The molecule has 1 aliphatic heterocycles. The van der Waals surface area contributed by atoms with Gasteiger partial charge in [-0.15, -0.1) is 0 Å². The monoisotopic (exact) mass is 376 g/mol. The highest BCUT2D eigenvalue weighted by Crippen LogP contribution is 2.33. The van der Waals surface area contributed by atoms with Crippen molar-refractivity contribution in [2.75, 3.05) is 36.0 Å². The molecule has 6 nitrogen and oxygen atoms in total. The fourth-order valence-corrected chi connectivity index (χ4v) is 3.09. The maximum Gasteiger partial charge on any atom is 0.416 e. The van der Waals surface area contributed by atoms with E-state index in [2.05, 4.69) is 0 Å². The predicted molar refractivity (Wildman–Crippen MR) is 93.7 cm³/mol. The van der Waals surface area contributed by atoms with E-state index in [4.69, 9.17) is 5.26 Å². The summed E-state index contributed by atoms with van der Waals surface area (Å²) >= 11 is 0. The molecule has 0 radical (unpaired) electrons. The molecule has 0 bridgehead atoms. The van der Waals surface area contributed by atoms with Crippen LogP contribution in [0.4, 0.5) is 30.2 Å². The van der Waals surface area contributed by atoms with Gasteiger partial charge < -0.3 is 9.80 Å². The molecule has 140 valence electrons. The van der Waals surface area contributed by atoms with Crippen LogP contribution in [-0.2, 0) is 6.18 Å². The molecule has 1 heterocycles. The fourth-order valence-electron chi connectivity index (χ4n) is 3.09. The highest BCUT2D eigenvalue weighted by molar-refractivity contribution is 5.67. The van der Waals surface area contributed by atoms with Gasteiger partial charge in [-0.05, 0) is 30.3 Å². The molecular formula is C18H15F3N4O2. The van der Waals surface area contributed by atoms with Gasteiger partial charge in [0.05, 0.1) is 22.1 Å². The van der Waals surface area contributed by atoms with Crippen LogP contribution >= 0.6 is 0 Å². The summed E-state index contributed by atoms with van der Waals surface area (Å²) in [5.41, 5.74) is 0.324. The molecule has 0 aromatic heterocycles. The number of hydrogen-bond donors (Lipinski definition) is 0. The molecule has 0 amide bonds. The van der Waals surface area contributed by atoms with Gasteiger partial charge in [0, 0.05) is 37.9 Å². The Labute approximate surface area is 153 Å². The molecule has 0 saturated carbocycles. The maximum atomic E-state index is 12.9. The molecule has 2 aromatic carbocycles. The van der Waals surface area contributed by atoms with E-state index in [1.165, 1.54) is 24.3 Å². The third-order valence-electron chi connectivity index (χ3n) is 4.46. The summed E-state index contributed by atoms with van der Waals surface area (Å²) in [7, 11) is 0. The molecule has 1 aliphatic rings. The summed E-state index contributed by atoms with van der Waals surface area (Å²) in [6, 6.07) is 11.2. The minimum atomic E-state index is -4.41. The van der Waals surface area contributed by atoms with Crippen LogP contribution in [0.1, 0.15) is 11.1 Å². The first-order valence-corrected chi connectivity index (χ1v) is 8.15. The standard InChI is InChI=1S/C18H15F3N4O2/c19-18(20,21)14-2-1-3-15(11-14)23-6-8-24(9-7-23)17-10-13(12-22)4-5-16(17)25(26)27/h1-5,10-11H,6-9H2. The van der Waals surface area contributed by atoms with Gasteiger partial charge in [-0.3, -0.25) is 10.1 Å². The first-order chi connectivity index (χ1) is 12.8. The lowest BCUT2D eigenvalue weighted by Crippen LogP contribution is -2.46. The average Bonchev–Trinajstić information content (AvgIpc) is 2.67. The minimum absolute atomic E-state index is 0.0958. The Balaban J connectivity index is 1.79. The van der Waals surface area contributed by atoms with E-state index < -0.39 is 16.7 Å². The molecule has 0 unspecified atom stereocenters. The molecule has 1 fully saturated rings.